The van der Waals surface area contributed by atoms with Crippen LogP contribution in [0.15, 0.2) is 48.5 Å². The van der Waals surface area contributed by atoms with E-state index in [-0.39, 0.29) is 11.4 Å². The summed E-state index contributed by atoms with van der Waals surface area (Å²) in [6, 6.07) is 13.2. The summed E-state index contributed by atoms with van der Waals surface area (Å²) in [5.41, 5.74) is 6.21. The zero-order valence-corrected chi connectivity index (χ0v) is 10.8. The van der Waals surface area contributed by atoms with Crippen LogP contribution in [0.1, 0.15) is 16.7 Å². The number of nitrogens with two attached hydrogens (primary N) is 1. The minimum atomic E-state index is -4.42. The second kappa shape index (κ2) is 5.67. The van der Waals surface area contributed by atoms with Crippen molar-refractivity contribution in [2.24, 2.45) is 5.73 Å². The van der Waals surface area contributed by atoms with Crippen molar-refractivity contribution in [3.63, 3.8) is 0 Å². The number of hydrogen-bond acceptors (Lipinski definition) is 1. The molecule has 0 aromatic heterocycles. The van der Waals surface area contributed by atoms with Gasteiger partial charge in [-0.05, 0) is 30.3 Å². The van der Waals surface area contributed by atoms with Gasteiger partial charge in [0, 0.05) is 6.07 Å². The summed E-state index contributed by atoms with van der Waals surface area (Å²) in [5.74, 6) is 0.0798. The Kier molecular flexibility index (Phi) is 3.94. The first kappa shape index (κ1) is 14.6. The van der Waals surface area contributed by atoms with Crippen LogP contribution in [0.2, 0.25) is 0 Å². The summed E-state index contributed by atoms with van der Waals surface area (Å²) >= 11 is 0. The molecule has 0 aliphatic heterocycles. The first-order valence-corrected chi connectivity index (χ1v) is 5.97. The monoisotopic (exact) mass is 290 g/mol. The average Bonchev–Trinajstić information content (AvgIpc) is 2.46. The molecule has 2 aromatic rings. The van der Waals surface area contributed by atoms with E-state index in [1.54, 1.807) is 24.3 Å². The molecule has 0 aliphatic rings. The van der Waals surface area contributed by atoms with Crippen molar-refractivity contribution in [2.45, 2.75) is 6.18 Å². The Bertz CT molecular complexity index is 727. The second-order valence-electron chi connectivity index (χ2n) is 4.31. The van der Waals surface area contributed by atoms with Gasteiger partial charge in [0.15, 0.2) is 0 Å². The van der Waals surface area contributed by atoms with E-state index >= 15 is 0 Å². The number of nitriles is 1. The van der Waals surface area contributed by atoms with Crippen LogP contribution in [-0.2, 0) is 6.18 Å². The molecule has 6 heteroatoms. The van der Waals surface area contributed by atoms with E-state index < -0.39 is 11.7 Å². The molecule has 106 valence electrons. The molecule has 2 rings (SSSR count). The fraction of sp³-hybridized carbons (Fsp3) is 0.0667. The molecule has 0 radical (unpaired) electrons. The summed E-state index contributed by atoms with van der Waals surface area (Å²) in [6.07, 6.45) is -4.42. The molecule has 0 unspecified atom stereocenters. The third-order valence-electron chi connectivity index (χ3n) is 2.77. The van der Waals surface area contributed by atoms with Gasteiger partial charge in [0.25, 0.3) is 5.84 Å². The van der Waals surface area contributed by atoms with E-state index in [0.29, 0.717) is 11.3 Å². The standard InChI is InChI=1S/C15H10F3N3/c16-15(17,18)12-5-2-4-11(8-12)14(20)21-13-6-1-3-10(7-13)9-19/h1-8H,(H2,20,21)/p+1. The van der Waals surface area contributed by atoms with Crippen LogP contribution in [0, 0.1) is 11.3 Å². The lowest BCUT2D eigenvalue weighted by Gasteiger charge is -2.06. The van der Waals surface area contributed by atoms with Crippen molar-refractivity contribution in [2.75, 3.05) is 0 Å². The van der Waals surface area contributed by atoms with Crippen LogP contribution in [0.5, 0.6) is 0 Å². The van der Waals surface area contributed by atoms with Crippen LogP contribution in [0.25, 0.3) is 0 Å². The number of halogens is 3. The van der Waals surface area contributed by atoms with Crippen LogP contribution in [0.3, 0.4) is 0 Å². The van der Waals surface area contributed by atoms with Gasteiger partial charge in [0.05, 0.1) is 22.8 Å². The molecule has 0 heterocycles. The Balaban J connectivity index is 2.37. The Morgan fingerprint density at radius 2 is 1.81 bits per heavy atom. The van der Waals surface area contributed by atoms with Gasteiger partial charge < -0.3 is 0 Å². The Hall–Kier alpha value is -2.81. The largest absolute Gasteiger partial charge is 0.416 e. The smallest absolute Gasteiger partial charge is 0.287 e. The third kappa shape index (κ3) is 3.60. The number of nitrogens with one attached hydrogen (secondary N) is 1. The van der Waals surface area contributed by atoms with Crippen molar-refractivity contribution >= 4 is 11.5 Å². The topological polar surface area (TPSA) is 63.8 Å². The van der Waals surface area contributed by atoms with E-state index in [1.165, 1.54) is 12.1 Å². The number of alkyl halides is 3. The van der Waals surface area contributed by atoms with E-state index in [1.807, 2.05) is 6.07 Å². The van der Waals surface area contributed by atoms with Crippen molar-refractivity contribution in [3.05, 3.63) is 65.2 Å². The lowest BCUT2D eigenvalue weighted by Crippen LogP contribution is -2.69. The second-order valence-corrected chi connectivity index (χ2v) is 4.31. The number of amidine groups is 1. The van der Waals surface area contributed by atoms with Gasteiger partial charge >= 0.3 is 6.18 Å². The Morgan fingerprint density at radius 3 is 2.48 bits per heavy atom. The van der Waals surface area contributed by atoms with Crippen LogP contribution < -0.4 is 10.7 Å². The minimum Gasteiger partial charge on any atom is -0.287 e. The van der Waals surface area contributed by atoms with Gasteiger partial charge in [0.2, 0.25) is 0 Å². The molecule has 0 aliphatic carbocycles. The number of nitrogen functional groups attached to an aromatic ring is 1. The molecular weight excluding hydrogens is 279 g/mol. The summed E-state index contributed by atoms with van der Waals surface area (Å²) in [4.78, 5) is 2.79. The summed E-state index contributed by atoms with van der Waals surface area (Å²) in [6.45, 7) is 0. The van der Waals surface area contributed by atoms with E-state index in [9.17, 15) is 13.2 Å². The molecule has 21 heavy (non-hydrogen) atoms. The lowest BCUT2D eigenvalue weighted by molar-refractivity contribution is -0.354. The molecule has 0 bridgehead atoms. The zero-order valence-electron chi connectivity index (χ0n) is 10.8. The SMILES string of the molecule is N#Cc1cccc([NH+]=C(N)c2cccc(C(F)(F)F)c2)c1. The highest BCUT2D eigenvalue weighted by Crippen LogP contribution is 2.29. The van der Waals surface area contributed by atoms with Crippen LogP contribution in [-0.4, -0.2) is 5.84 Å². The van der Waals surface area contributed by atoms with Crippen LogP contribution >= 0.6 is 0 Å². The maximum Gasteiger partial charge on any atom is 0.416 e. The highest BCUT2D eigenvalue weighted by Gasteiger charge is 2.30. The maximum atomic E-state index is 12.7. The fourth-order valence-electron chi connectivity index (χ4n) is 1.76. The number of rotatable bonds is 2. The van der Waals surface area contributed by atoms with Gasteiger partial charge in [-0.3, -0.25) is 5.73 Å². The molecule has 0 saturated carbocycles. The van der Waals surface area contributed by atoms with Crippen molar-refractivity contribution in [1.82, 2.24) is 0 Å². The van der Waals surface area contributed by atoms with Gasteiger partial charge in [-0.2, -0.15) is 18.4 Å². The average molecular weight is 290 g/mol. The van der Waals surface area contributed by atoms with Crippen molar-refractivity contribution < 1.29 is 18.2 Å². The summed E-state index contributed by atoms with van der Waals surface area (Å²) in [7, 11) is 0. The normalized spacial score (nSPS) is 12.0. The van der Waals surface area contributed by atoms with Gasteiger partial charge in [-0.1, -0.05) is 12.1 Å². The molecule has 3 N–H and O–H groups in total. The number of benzene rings is 2. The van der Waals surface area contributed by atoms with E-state index in [0.717, 1.165) is 12.1 Å². The molecular formula is C15H11F3N3+. The van der Waals surface area contributed by atoms with Gasteiger partial charge in [0.1, 0.15) is 5.69 Å². The first-order valence-electron chi connectivity index (χ1n) is 5.97. The van der Waals surface area contributed by atoms with E-state index in [2.05, 4.69) is 4.99 Å². The highest BCUT2D eigenvalue weighted by molar-refractivity contribution is 5.93. The molecule has 0 atom stereocenters. The zero-order chi connectivity index (χ0) is 15.5. The summed E-state index contributed by atoms with van der Waals surface area (Å²) < 4.78 is 38.0. The third-order valence-corrected chi connectivity index (χ3v) is 2.77. The van der Waals surface area contributed by atoms with Crippen molar-refractivity contribution in [3.8, 4) is 6.07 Å². The Labute approximate surface area is 119 Å². The minimum absolute atomic E-state index is 0.0798. The number of hydrogen-bond donors (Lipinski definition) is 2. The predicted molar refractivity (Wildman–Crippen MR) is 71.5 cm³/mol. The maximum absolute atomic E-state index is 12.7. The quantitative estimate of drug-likeness (QED) is 0.653. The molecule has 0 amide bonds. The molecule has 3 nitrogen and oxygen atoms in total. The predicted octanol–water partition coefficient (Wildman–Crippen LogP) is 1.69. The van der Waals surface area contributed by atoms with Crippen molar-refractivity contribution in [1.29, 1.82) is 5.26 Å². The van der Waals surface area contributed by atoms with Gasteiger partial charge in [-0.15, -0.1) is 0 Å². The molecule has 2 aromatic carbocycles. The summed E-state index contributed by atoms with van der Waals surface area (Å²) in [5, 5.41) is 8.80. The van der Waals surface area contributed by atoms with Crippen LogP contribution in [0.4, 0.5) is 18.9 Å². The van der Waals surface area contributed by atoms with E-state index in [4.69, 9.17) is 11.0 Å². The Morgan fingerprint density at radius 1 is 1.10 bits per heavy atom. The fourth-order valence-corrected chi connectivity index (χ4v) is 1.76. The number of nitrogens with zero attached hydrogens (tertiary/aromatic N) is 1. The molecule has 0 saturated heterocycles. The highest BCUT2D eigenvalue weighted by atomic mass is 19.4. The molecule has 0 fully saturated rings. The first-order chi connectivity index (χ1) is 9.90. The lowest BCUT2D eigenvalue weighted by atomic mass is 10.1. The van der Waals surface area contributed by atoms with Gasteiger partial charge in [-0.25, -0.2) is 4.99 Å². The molecule has 0 spiro atoms.